The van der Waals surface area contributed by atoms with Gasteiger partial charge in [0.2, 0.25) is 5.91 Å². The van der Waals surface area contributed by atoms with Crippen LogP contribution in [0.1, 0.15) is 43.4 Å². The predicted molar refractivity (Wildman–Crippen MR) is 162 cm³/mol. The Morgan fingerprint density at radius 2 is 1.53 bits per heavy atom. The number of ether oxygens (including phenoxy) is 3. The zero-order valence-electron chi connectivity index (χ0n) is 24.9. The summed E-state index contributed by atoms with van der Waals surface area (Å²) in [5, 5.41) is 15.4. The summed E-state index contributed by atoms with van der Waals surface area (Å²) in [5.74, 6) is -0.347. The molecule has 0 bridgehead atoms. The van der Waals surface area contributed by atoms with E-state index in [2.05, 4.69) is 10.6 Å². The van der Waals surface area contributed by atoms with Crippen molar-refractivity contribution in [3.8, 4) is 11.5 Å². The monoisotopic (exact) mass is 588 g/mol. The summed E-state index contributed by atoms with van der Waals surface area (Å²) in [4.78, 5) is 39.5. The Labute approximate surface area is 252 Å². The highest BCUT2D eigenvalue weighted by Gasteiger charge is 2.42. The van der Waals surface area contributed by atoms with Crippen molar-refractivity contribution in [3.63, 3.8) is 0 Å². The van der Waals surface area contributed by atoms with Gasteiger partial charge in [-0.3, -0.25) is 9.59 Å². The van der Waals surface area contributed by atoms with Crippen LogP contribution in [0, 0.1) is 5.92 Å². The van der Waals surface area contributed by atoms with Crippen molar-refractivity contribution in [3.05, 3.63) is 95.6 Å². The summed E-state index contributed by atoms with van der Waals surface area (Å²) >= 11 is 0. The topological polar surface area (TPSA) is 126 Å². The lowest BCUT2D eigenvalue weighted by Crippen LogP contribution is -2.45. The molecule has 0 aromatic heterocycles. The lowest BCUT2D eigenvalue weighted by atomic mass is 9.90. The fourth-order valence-electron chi connectivity index (χ4n) is 4.92. The minimum absolute atomic E-state index is 0.0717. The Morgan fingerprint density at radius 1 is 0.907 bits per heavy atom. The van der Waals surface area contributed by atoms with Crippen molar-refractivity contribution in [2.24, 2.45) is 5.92 Å². The first-order chi connectivity index (χ1) is 20.6. The van der Waals surface area contributed by atoms with Crippen molar-refractivity contribution in [1.82, 2.24) is 10.6 Å². The number of benzene rings is 3. The van der Waals surface area contributed by atoms with Crippen molar-refractivity contribution in [2.75, 3.05) is 13.7 Å². The molecular formula is C34H40N2O7. The molecule has 9 heteroatoms. The molecule has 4 atom stereocenters. The predicted octanol–water partition coefficient (Wildman–Crippen LogP) is 4.74. The summed E-state index contributed by atoms with van der Waals surface area (Å²) in [6.45, 7) is 4.30. The smallest absolute Gasteiger partial charge is 0.408 e. The Kier molecular flexibility index (Phi) is 10.8. The van der Waals surface area contributed by atoms with Crippen LogP contribution in [0.2, 0.25) is 0 Å². The highest BCUT2D eigenvalue weighted by atomic mass is 16.6. The van der Waals surface area contributed by atoms with Crippen molar-refractivity contribution < 1.29 is 33.7 Å². The van der Waals surface area contributed by atoms with Crippen LogP contribution >= 0.6 is 0 Å². The van der Waals surface area contributed by atoms with Crippen LogP contribution in [0.3, 0.4) is 0 Å². The number of carbonyl (C=O) groups excluding carboxylic acids is 3. The molecule has 1 saturated heterocycles. The van der Waals surface area contributed by atoms with Gasteiger partial charge in [0.1, 0.15) is 18.1 Å². The third-order valence-corrected chi connectivity index (χ3v) is 7.57. The maximum atomic E-state index is 13.8. The molecule has 228 valence electrons. The Bertz CT molecular complexity index is 1360. The van der Waals surface area contributed by atoms with E-state index < -0.39 is 18.1 Å². The van der Waals surface area contributed by atoms with E-state index >= 15 is 0 Å². The zero-order chi connectivity index (χ0) is 30.8. The highest BCUT2D eigenvalue weighted by molar-refractivity contribution is 5.91. The first-order valence-corrected chi connectivity index (χ1v) is 14.5. The number of phenols is 1. The summed E-state index contributed by atoms with van der Waals surface area (Å²) in [7, 11) is 1.58. The number of nitrogens with one attached hydrogen (secondary N) is 2. The van der Waals surface area contributed by atoms with Gasteiger partial charge in [0, 0.05) is 18.4 Å². The number of amides is 2. The molecular weight excluding hydrogens is 548 g/mol. The molecule has 2 amide bonds. The van der Waals surface area contributed by atoms with Gasteiger partial charge in [-0.2, -0.15) is 0 Å². The minimum atomic E-state index is -0.846. The number of hydrogen-bond acceptors (Lipinski definition) is 7. The maximum absolute atomic E-state index is 13.8. The Hall–Kier alpha value is -4.37. The van der Waals surface area contributed by atoms with E-state index in [1.165, 1.54) is 0 Å². The number of aromatic hydroxyl groups is 1. The molecule has 4 rings (SSSR count). The van der Waals surface area contributed by atoms with Gasteiger partial charge < -0.3 is 30.0 Å². The molecule has 0 aliphatic carbocycles. The van der Waals surface area contributed by atoms with E-state index in [0.29, 0.717) is 31.6 Å². The highest BCUT2D eigenvalue weighted by Crippen LogP contribution is 2.32. The molecule has 0 saturated carbocycles. The van der Waals surface area contributed by atoms with Crippen LogP contribution in [0.25, 0.3) is 0 Å². The second-order valence-electron chi connectivity index (χ2n) is 11.4. The van der Waals surface area contributed by atoms with Crippen LogP contribution in [0.15, 0.2) is 78.9 Å². The van der Waals surface area contributed by atoms with Gasteiger partial charge in [0.25, 0.3) is 0 Å². The van der Waals surface area contributed by atoms with Crippen LogP contribution < -0.4 is 15.4 Å². The molecule has 0 radical (unpaired) electrons. The number of phenolic OH excluding ortho intramolecular Hbond substituents is 1. The average Bonchev–Trinajstić information content (AvgIpc) is 3.73. The summed E-state index contributed by atoms with van der Waals surface area (Å²) < 4.78 is 16.1. The van der Waals surface area contributed by atoms with Crippen molar-refractivity contribution >= 4 is 17.8 Å². The van der Waals surface area contributed by atoms with Crippen molar-refractivity contribution in [1.29, 1.82) is 0 Å². The van der Waals surface area contributed by atoms with Gasteiger partial charge in [-0.15, -0.1) is 0 Å². The summed E-state index contributed by atoms with van der Waals surface area (Å²) in [6, 6.07) is 22.4. The summed E-state index contributed by atoms with van der Waals surface area (Å²) in [6.07, 6.45) is 0.699. The van der Waals surface area contributed by atoms with Crippen molar-refractivity contribution in [2.45, 2.75) is 63.8 Å². The molecule has 0 unspecified atom stereocenters. The molecule has 1 fully saturated rings. The van der Waals surface area contributed by atoms with E-state index in [1.807, 2.05) is 73.7 Å². The quantitative estimate of drug-likeness (QED) is 0.219. The first kappa shape index (κ1) is 31.6. The lowest BCUT2D eigenvalue weighted by Gasteiger charge is -2.25. The van der Waals surface area contributed by atoms with E-state index in [-0.39, 0.29) is 42.1 Å². The normalized spacial score (nSPS) is 17.7. The third kappa shape index (κ3) is 10.1. The lowest BCUT2D eigenvalue weighted by molar-refractivity contribution is -0.130. The standard InChI is InChI=1S/C34H40N2O7/c1-23(35-33(40)42-21-26-7-5-4-6-8-26)31(38)19-27(17-24-11-15-30(41-3)16-12-24)32(39)36-28(20-34(2)22-43-34)18-25-9-13-29(37)14-10-25/h4-16,23,27-28,37H,17-22H2,1-3H3,(H,35,40)(H,36,39)/t23-,27-,28+,34+/m1/s1. The van der Waals surface area contributed by atoms with Gasteiger partial charge in [-0.25, -0.2) is 4.79 Å². The number of methoxy groups -OCH3 is 1. The van der Waals surface area contributed by atoms with E-state index in [4.69, 9.17) is 14.2 Å². The Balaban J connectivity index is 1.43. The van der Waals surface area contributed by atoms with Crippen LogP contribution in [0.5, 0.6) is 11.5 Å². The number of rotatable bonds is 15. The van der Waals surface area contributed by atoms with Gasteiger partial charge in [0.05, 0.1) is 25.4 Å². The maximum Gasteiger partial charge on any atom is 0.408 e. The molecule has 1 aliphatic rings. The molecule has 1 heterocycles. The molecule has 9 nitrogen and oxygen atoms in total. The SMILES string of the molecule is COc1ccc(C[C@H](CC(=O)[C@@H](C)NC(=O)OCc2ccccc2)C(=O)N[C@@H](Cc2ccc(O)cc2)C[C@@]2(C)CO2)cc1. The minimum Gasteiger partial charge on any atom is -0.508 e. The van der Waals surface area contributed by atoms with E-state index in [9.17, 15) is 19.5 Å². The number of ketones is 1. The molecule has 3 aromatic carbocycles. The van der Waals surface area contributed by atoms with Gasteiger partial charge in [-0.05, 0) is 74.1 Å². The van der Waals surface area contributed by atoms with Gasteiger partial charge in [0.15, 0.2) is 5.78 Å². The van der Waals surface area contributed by atoms with E-state index in [1.54, 1.807) is 26.2 Å². The molecule has 0 spiro atoms. The Morgan fingerprint density at radius 3 is 2.16 bits per heavy atom. The fraction of sp³-hybridized carbons (Fsp3) is 0.382. The third-order valence-electron chi connectivity index (χ3n) is 7.57. The second-order valence-corrected chi connectivity index (χ2v) is 11.4. The summed E-state index contributed by atoms with van der Waals surface area (Å²) in [5.41, 5.74) is 2.36. The van der Waals surface area contributed by atoms with E-state index in [0.717, 1.165) is 16.7 Å². The average molecular weight is 589 g/mol. The molecule has 43 heavy (non-hydrogen) atoms. The fourth-order valence-corrected chi connectivity index (χ4v) is 4.92. The van der Waals surface area contributed by atoms with Crippen LogP contribution in [-0.2, 0) is 38.5 Å². The van der Waals surface area contributed by atoms with Crippen LogP contribution in [0.4, 0.5) is 4.79 Å². The number of alkyl carbamates (subject to hydrolysis) is 1. The largest absolute Gasteiger partial charge is 0.508 e. The number of carbonyl (C=O) groups is 3. The van der Waals surface area contributed by atoms with Gasteiger partial charge in [-0.1, -0.05) is 54.6 Å². The number of hydrogen-bond donors (Lipinski definition) is 3. The van der Waals surface area contributed by atoms with Gasteiger partial charge >= 0.3 is 6.09 Å². The van der Waals surface area contributed by atoms with Crippen LogP contribution in [-0.4, -0.2) is 54.3 Å². The molecule has 3 aromatic rings. The number of epoxide rings is 1. The first-order valence-electron chi connectivity index (χ1n) is 14.5. The zero-order valence-corrected chi connectivity index (χ0v) is 24.9. The molecule has 3 N–H and O–H groups in total. The number of Topliss-reactive ketones (excluding diaryl/α,β-unsaturated/α-hetero) is 1. The molecule has 1 aliphatic heterocycles. The second kappa shape index (κ2) is 14.7.